The molecule has 5 nitrogen and oxygen atoms in total. The monoisotopic (exact) mass is 318 g/mol. The van der Waals surface area contributed by atoms with E-state index < -0.39 is 5.60 Å². The first kappa shape index (κ1) is 15.5. The third-order valence-electron chi connectivity index (χ3n) is 3.05. The van der Waals surface area contributed by atoms with Gasteiger partial charge in [-0.25, -0.2) is 0 Å². The summed E-state index contributed by atoms with van der Waals surface area (Å²) in [5.41, 5.74) is -0.493. The highest BCUT2D eigenvalue weighted by Gasteiger charge is 2.31. The molecule has 0 radical (unpaired) electrons. The summed E-state index contributed by atoms with van der Waals surface area (Å²) in [6.45, 7) is 1.19. The first-order chi connectivity index (χ1) is 9.50. The highest BCUT2D eigenvalue weighted by Crippen LogP contribution is 2.29. The SMILES string of the molecule is O=C(CNCC1(O)CCOC1)Nc1c(Cl)cccc1Cl. The van der Waals surface area contributed by atoms with Gasteiger partial charge in [-0.05, 0) is 12.1 Å². The van der Waals surface area contributed by atoms with Crippen LogP contribution in [0, 0.1) is 0 Å². The number of amides is 1. The van der Waals surface area contributed by atoms with Crippen LogP contribution in [0.15, 0.2) is 18.2 Å². The molecular formula is C13H16Cl2N2O3. The van der Waals surface area contributed by atoms with Gasteiger partial charge in [0.25, 0.3) is 0 Å². The Hall–Kier alpha value is -0.850. The van der Waals surface area contributed by atoms with Gasteiger partial charge in [-0.15, -0.1) is 0 Å². The minimum Gasteiger partial charge on any atom is -0.386 e. The summed E-state index contributed by atoms with van der Waals surface area (Å²) in [6, 6.07) is 5.00. The van der Waals surface area contributed by atoms with Gasteiger partial charge in [-0.1, -0.05) is 29.3 Å². The zero-order valence-electron chi connectivity index (χ0n) is 10.8. The molecule has 7 heteroatoms. The van der Waals surface area contributed by atoms with E-state index in [4.69, 9.17) is 27.9 Å². The van der Waals surface area contributed by atoms with Crippen molar-refractivity contribution in [2.24, 2.45) is 0 Å². The summed E-state index contributed by atoms with van der Waals surface area (Å²) in [5, 5.41) is 16.3. The topological polar surface area (TPSA) is 70.6 Å². The molecule has 3 N–H and O–H groups in total. The molecule has 0 aliphatic carbocycles. The fourth-order valence-electron chi connectivity index (χ4n) is 1.95. The number of ether oxygens (including phenoxy) is 1. The van der Waals surface area contributed by atoms with Crippen LogP contribution in [-0.4, -0.2) is 42.9 Å². The number of halogens is 2. The van der Waals surface area contributed by atoms with Crippen molar-refractivity contribution in [3.8, 4) is 0 Å². The lowest BCUT2D eigenvalue weighted by molar-refractivity contribution is -0.115. The van der Waals surface area contributed by atoms with Crippen molar-refractivity contribution in [3.63, 3.8) is 0 Å². The lowest BCUT2D eigenvalue weighted by Crippen LogP contribution is -2.43. The van der Waals surface area contributed by atoms with E-state index in [1.54, 1.807) is 18.2 Å². The molecular weight excluding hydrogens is 303 g/mol. The van der Waals surface area contributed by atoms with Crippen LogP contribution in [0.25, 0.3) is 0 Å². The Morgan fingerprint density at radius 1 is 1.40 bits per heavy atom. The Kier molecular flexibility index (Phi) is 5.23. The number of anilines is 1. The molecule has 1 unspecified atom stereocenters. The van der Waals surface area contributed by atoms with Crippen LogP contribution in [0.4, 0.5) is 5.69 Å². The van der Waals surface area contributed by atoms with E-state index in [0.29, 0.717) is 35.3 Å². The number of para-hydroxylation sites is 1. The van der Waals surface area contributed by atoms with Gasteiger partial charge in [0.2, 0.25) is 5.91 Å². The van der Waals surface area contributed by atoms with E-state index in [9.17, 15) is 9.90 Å². The van der Waals surface area contributed by atoms with Crippen LogP contribution in [0.3, 0.4) is 0 Å². The van der Waals surface area contributed by atoms with Crippen molar-refractivity contribution < 1.29 is 14.6 Å². The predicted octanol–water partition coefficient (Wildman–Crippen LogP) is 1.67. The minimum atomic E-state index is -0.887. The fraction of sp³-hybridized carbons (Fsp3) is 0.462. The zero-order valence-corrected chi connectivity index (χ0v) is 12.3. The van der Waals surface area contributed by atoms with Crippen LogP contribution < -0.4 is 10.6 Å². The van der Waals surface area contributed by atoms with Gasteiger partial charge in [0, 0.05) is 19.6 Å². The van der Waals surface area contributed by atoms with E-state index in [2.05, 4.69) is 10.6 Å². The van der Waals surface area contributed by atoms with Crippen molar-refractivity contribution in [2.45, 2.75) is 12.0 Å². The summed E-state index contributed by atoms with van der Waals surface area (Å²) in [7, 11) is 0. The van der Waals surface area contributed by atoms with E-state index in [1.807, 2.05) is 0 Å². The number of carbonyl (C=O) groups is 1. The van der Waals surface area contributed by atoms with Gasteiger partial charge in [0.15, 0.2) is 0 Å². The van der Waals surface area contributed by atoms with E-state index in [1.165, 1.54) is 0 Å². The maximum atomic E-state index is 11.8. The number of rotatable bonds is 5. The molecule has 110 valence electrons. The Balaban J connectivity index is 1.81. The average Bonchev–Trinajstić information content (AvgIpc) is 2.81. The maximum Gasteiger partial charge on any atom is 0.238 e. The number of hydrogen-bond acceptors (Lipinski definition) is 4. The summed E-state index contributed by atoms with van der Waals surface area (Å²) in [6.07, 6.45) is 0.567. The number of hydrogen-bond donors (Lipinski definition) is 3. The van der Waals surface area contributed by atoms with Crippen LogP contribution in [-0.2, 0) is 9.53 Å². The molecule has 1 saturated heterocycles. The van der Waals surface area contributed by atoms with Crippen LogP contribution in [0.2, 0.25) is 10.0 Å². The molecule has 1 fully saturated rings. The van der Waals surface area contributed by atoms with Crippen molar-refractivity contribution in [2.75, 3.05) is 31.6 Å². The summed E-state index contributed by atoms with van der Waals surface area (Å²) < 4.78 is 5.12. The molecule has 0 spiro atoms. The first-order valence-electron chi connectivity index (χ1n) is 6.25. The second-order valence-electron chi connectivity index (χ2n) is 4.78. The molecule has 0 aromatic heterocycles. The van der Waals surface area contributed by atoms with Gasteiger partial charge in [-0.3, -0.25) is 4.79 Å². The second kappa shape index (κ2) is 6.74. The summed E-state index contributed by atoms with van der Waals surface area (Å²) >= 11 is 11.9. The average molecular weight is 319 g/mol. The Bertz CT molecular complexity index is 470. The van der Waals surface area contributed by atoms with Crippen molar-refractivity contribution >= 4 is 34.8 Å². The number of carbonyl (C=O) groups excluding carboxylic acids is 1. The molecule has 1 aliphatic heterocycles. The predicted molar refractivity (Wildman–Crippen MR) is 78.3 cm³/mol. The zero-order chi connectivity index (χ0) is 14.6. The van der Waals surface area contributed by atoms with Gasteiger partial charge in [0.05, 0.1) is 28.9 Å². The molecule has 0 bridgehead atoms. The fourth-order valence-corrected chi connectivity index (χ4v) is 2.44. The number of aliphatic hydroxyl groups is 1. The van der Waals surface area contributed by atoms with Crippen LogP contribution in [0.5, 0.6) is 0 Å². The lowest BCUT2D eigenvalue weighted by Gasteiger charge is -2.20. The molecule has 1 aliphatic rings. The smallest absolute Gasteiger partial charge is 0.238 e. The molecule has 0 saturated carbocycles. The van der Waals surface area contributed by atoms with Gasteiger partial charge >= 0.3 is 0 Å². The normalized spacial score (nSPS) is 21.9. The molecule has 2 rings (SSSR count). The first-order valence-corrected chi connectivity index (χ1v) is 7.00. The third kappa shape index (κ3) is 4.07. The van der Waals surface area contributed by atoms with Crippen LogP contribution in [0.1, 0.15) is 6.42 Å². The van der Waals surface area contributed by atoms with Crippen molar-refractivity contribution in [1.29, 1.82) is 0 Å². The minimum absolute atomic E-state index is 0.0594. The highest BCUT2D eigenvalue weighted by molar-refractivity contribution is 6.39. The van der Waals surface area contributed by atoms with Crippen molar-refractivity contribution in [3.05, 3.63) is 28.2 Å². The molecule has 1 heterocycles. The number of benzene rings is 1. The van der Waals surface area contributed by atoms with Crippen molar-refractivity contribution in [1.82, 2.24) is 5.32 Å². The van der Waals surface area contributed by atoms with Crippen LogP contribution >= 0.6 is 23.2 Å². The van der Waals surface area contributed by atoms with Gasteiger partial charge < -0.3 is 20.5 Å². The summed E-state index contributed by atoms with van der Waals surface area (Å²) in [5.74, 6) is -0.275. The second-order valence-corrected chi connectivity index (χ2v) is 5.59. The standard InChI is InChI=1S/C13H16Cl2N2O3/c14-9-2-1-3-10(15)12(9)17-11(18)6-16-7-13(19)4-5-20-8-13/h1-3,16,19H,4-8H2,(H,17,18). The largest absolute Gasteiger partial charge is 0.386 e. The third-order valence-corrected chi connectivity index (χ3v) is 3.68. The Morgan fingerprint density at radius 3 is 2.70 bits per heavy atom. The van der Waals surface area contributed by atoms with E-state index >= 15 is 0 Å². The Morgan fingerprint density at radius 2 is 2.10 bits per heavy atom. The maximum absolute atomic E-state index is 11.8. The van der Waals surface area contributed by atoms with Gasteiger partial charge in [0.1, 0.15) is 5.60 Å². The Labute approximate surface area is 127 Å². The quantitative estimate of drug-likeness (QED) is 0.772. The van der Waals surface area contributed by atoms with E-state index in [-0.39, 0.29) is 19.1 Å². The highest BCUT2D eigenvalue weighted by atomic mass is 35.5. The lowest BCUT2D eigenvalue weighted by atomic mass is 10.0. The molecule has 1 amide bonds. The molecule has 1 aromatic rings. The molecule has 1 atom stereocenters. The van der Waals surface area contributed by atoms with Gasteiger partial charge in [-0.2, -0.15) is 0 Å². The summed E-state index contributed by atoms with van der Waals surface area (Å²) in [4.78, 5) is 11.8. The molecule has 20 heavy (non-hydrogen) atoms. The molecule has 1 aromatic carbocycles. The van der Waals surface area contributed by atoms with E-state index in [0.717, 1.165) is 0 Å². The number of nitrogens with one attached hydrogen (secondary N) is 2.